The van der Waals surface area contributed by atoms with E-state index < -0.39 is 0 Å². The minimum atomic E-state index is -0.0869. The average molecular weight is 355 g/mol. The molecular formula is C21H17N5O. The predicted molar refractivity (Wildman–Crippen MR) is 101 cm³/mol. The van der Waals surface area contributed by atoms with Crippen molar-refractivity contribution < 1.29 is 4.79 Å². The molecule has 1 amide bonds. The number of aromatic nitrogens is 3. The summed E-state index contributed by atoms with van der Waals surface area (Å²) in [7, 11) is 0. The van der Waals surface area contributed by atoms with Crippen LogP contribution >= 0.6 is 0 Å². The molecule has 1 aromatic carbocycles. The molecular weight excluding hydrogens is 338 g/mol. The Morgan fingerprint density at radius 2 is 2.00 bits per heavy atom. The molecule has 27 heavy (non-hydrogen) atoms. The van der Waals surface area contributed by atoms with Gasteiger partial charge in [0.2, 0.25) is 5.91 Å². The number of carbonyl (C=O) groups is 1. The van der Waals surface area contributed by atoms with Crippen molar-refractivity contribution in [2.75, 3.05) is 6.54 Å². The van der Waals surface area contributed by atoms with Crippen LogP contribution in [0.4, 0.5) is 0 Å². The van der Waals surface area contributed by atoms with E-state index in [4.69, 9.17) is 5.10 Å². The Balaban J connectivity index is 1.90. The highest BCUT2D eigenvalue weighted by molar-refractivity contribution is 5.88. The Labute approximate surface area is 157 Å². The van der Waals surface area contributed by atoms with Crippen LogP contribution < -0.4 is 0 Å². The van der Waals surface area contributed by atoms with Crippen molar-refractivity contribution in [1.82, 2.24) is 19.7 Å². The summed E-state index contributed by atoms with van der Waals surface area (Å²) in [4.78, 5) is 18.0. The van der Waals surface area contributed by atoms with Crippen LogP contribution in [0, 0.1) is 11.3 Å². The summed E-state index contributed by atoms with van der Waals surface area (Å²) >= 11 is 0. The summed E-state index contributed by atoms with van der Waals surface area (Å²) in [5.41, 5.74) is 5.19. The molecule has 2 aromatic heterocycles. The summed E-state index contributed by atoms with van der Waals surface area (Å²) in [5.74, 6) is -0.0869. The maximum atomic E-state index is 12.1. The van der Waals surface area contributed by atoms with Gasteiger partial charge in [-0.2, -0.15) is 10.4 Å². The number of nitrogens with zero attached hydrogens (tertiary/aromatic N) is 5. The zero-order chi connectivity index (χ0) is 18.8. The Kier molecular flexibility index (Phi) is 4.27. The van der Waals surface area contributed by atoms with Crippen LogP contribution in [0.25, 0.3) is 22.4 Å². The van der Waals surface area contributed by atoms with Crippen molar-refractivity contribution in [3.8, 4) is 28.5 Å². The number of fused-ring (bicyclic) bond motifs is 1. The lowest BCUT2D eigenvalue weighted by Crippen LogP contribution is -2.37. The molecule has 3 heterocycles. The molecule has 0 saturated heterocycles. The van der Waals surface area contributed by atoms with Crippen LogP contribution in [-0.4, -0.2) is 32.1 Å². The first-order valence-electron chi connectivity index (χ1n) is 8.63. The molecule has 4 rings (SSSR count). The highest BCUT2D eigenvalue weighted by Crippen LogP contribution is 2.36. The third kappa shape index (κ3) is 3.00. The van der Waals surface area contributed by atoms with Crippen molar-refractivity contribution in [2.24, 2.45) is 0 Å². The molecule has 0 unspecified atom stereocenters. The van der Waals surface area contributed by atoms with E-state index in [-0.39, 0.29) is 5.91 Å². The largest absolute Gasteiger partial charge is 0.331 e. The molecule has 6 heteroatoms. The van der Waals surface area contributed by atoms with Crippen molar-refractivity contribution in [3.63, 3.8) is 0 Å². The molecule has 6 nitrogen and oxygen atoms in total. The maximum absolute atomic E-state index is 12.1. The number of amides is 1. The van der Waals surface area contributed by atoms with E-state index in [9.17, 15) is 10.1 Å². The van der Waals surface area contributed by atoms with Gasteiger partial charge in [-0.1, -0.05) is 18.7 Å². The SMILES string of the molecule is C=CC(=O)N1CCn2nc(-c3cccc(C#N)c3)c(-c3ccncc3)c2C1. The van der Waals surface area contributed by atoms with Gasteiger partial charge < -0.3 is 4.90 Å². The second-order valence-corrected chi connectivity index (χ2v) is 6.29. The molecule has 132 valence electrons. The molecule has 1 aliphatic rings. The van der Waals surface area contributed by atoms with E-state index in [0.29, 0.717) is 25.2 Å². The Morgan fingerprint density at radius 1 is 1.19 bits per heavy atom. The van der Waals surface area contributed by atoms with Gasteiger partial charge in [-0.15, -0.1) is 0 Å². The smallest absolute Gasteiger partial charge is 0.246 e. The first-order chi connectivity index (χ1) is 13.2. The van der Waals surface area contributed by atoms with Gasteiger partial charge in [0, 0.05) is 30.1 Å². The molecule has 0 bridgehead atoms. The molecule has 0 fully saturated rings. The van der Waals surface area contributed by atoms with Gasteiger partial charge in [0.25, 0.3) is 0 Å². The summed E-state index contributed by atoms with van der Waals surface area (Å²) in [6.45, 7) is 5.26. The topological polar surface area (TPSA) is 74.8 Å². The Hall–Kier alpha value is -3.72. The lowest BCUT2D eigenvalue weighted by atomic mass is 9.98. The summed E-state index contributed by atoms with van der Waals surface area (Å²) in [5, 5.41) is 14.1. The van der Waals surface area contributed by atoms with Crippen LogP contribution in [0.2, 0.25) is 0 Å². The lowest BCUT2D eigenvalue weighted by molar-refractivity contribution is -0.127. The van der Waals surface area contributed by atoms with Crippen LogP contribution in [0.1, 0.15) is 11.3 Å². The average Bonchev–Trinajstić information content (AvgIpc) is 3.12. The van der Waals surface area contributed by atoms with Crippen molar-refractivity contribution >= 4 is 5.91 Å². The van der Waals surface area contributed by atoms with Crippen LogP contribution in [0.3, 0.4) is 0 Å². The third-order valence-electron chi connectivity index (χ3n) is 4.70. The molecule has 3 aromatic rings. The van der Waals surface area contributed by atoms with Gasteiger partial charge >= 0.3 is 0 Å². The number of pyridine rings is 1. The standard InChI is InChI=1S/C21H17N5O/c1-2-19(27)25-10-11-26-18(14-25)20(16-6-8-23-9-7-16)21(24-26)17-5-3-4-15(12-17)13-22/h2-9,12H,1,10-11,14H2. The van der Waals surface area contributed by atoms with Gasteiger partial charge in [0.05, 0.1) is 30.4 Å². The van der Waals surface area contributed by atoms with Crippen LogP contribution in [0.5, 0.6) is 0 Å². The highest BCUT2D eigenvalue weighted by Gasteiger charge is 2.27. The molecule has 0 radical (unpaired) electrons. The summed E-state index contributed by atoms with van der Waals surface area (Å²) < 4.78 is 1.96. The van der Waals surface area contributed by atoms with E-state index >= 15 is 0 Å². The first kappa shape index (κ1) is 16.7. The number of carbonyl (C=O) groups excluding carboxylic acids is 1. The van der Waals surface area contributed by atoms with Gasteiger partial charge in [-0.05, 0) is 35.9 Å². The lowest BCUT2D eigenvalue weighted by Gasteiger charge is -2.27. The molecule has 0 atom stereocenters. The van der Waals surface area contributed by atoms with Crippen LogP contribution in [-0.2, 0) is 17.9 Å². The minimum Gasteiger partial charge on any atom is -0.331 e. The second-order valence-electron chi connectivity index (χ2n) is 6.29. The highest BCUT2D eigenvalue weighted by atomic mass is 16.2. The Morgan fingerprint density at radius 3 is 2.74 bits per heavy atom. The van der Waals surface area contributed by atoms with Gasteiger partial charge in [0.1, 0.15) is 5.69 Å². The molecule has 0 saturated carbocycles. The second kappa shape index (κ2) is 6.89. The van der Waals surface area contributed by atoms with Crippen molar-refractivity contribution in [3.05, 3.63) is 72.7 Å². The van der Waals surface area contributed by atoms with E-state index in [2.05, 4.69) is 17.6 Å². The van der Waals surface area contributed by atoms with Gasteiger partial charge in [-0.25, -0.2) is 0 Å². The molecule has 0 spiro atoms. The summed E-state index contributed by atoms with van der Waals surface area (Å²) in [6, 6.07) is 13.5. The molecule has 0 aliphatic carbocycles. The zero-order valence-electron chi connectivity index (χ0n) is 14.7. The van der Waals surface area contributed by atoms with Crippen LogP contribution in [0.15, 0.2) is 61.4 Å². The number of hydrogen-bond acceptors (Lipinski definition) is 4. The van der Waals surface area contributed by atoms with Crippen molar-refractivity contribution in [1.29, 1.82) is 5.26 Å². The van der Waals surface area contributed by atoms with E-state index in [1.54, 1.807) is 23.4 Å². The normalized spacial score (nSPS) is 12.9. The van der Waals surface area contributed by atoms with Gasteiger partial charge in [-0.3, -0.25) is 14.5 Å². The number of rotatable bonds is 3. The zero-order valence-corrected chi connectivity index (χ0v) is 14.7. The van der Waals surface area contributed by atoms with Crippen molar-refractivity contribution in [2.45, 2.75) is 13.1 Å². The Bertz CT molecular complexity index is 1060. The monoisotopic (exact) mass is 355 g/mol. The molecule has 0 N–H and O–H groups in total. The quantitative estimate of drug-likeness (QED) is 0.677. The predicted octanol–water partition coefficient (Wildman–Crippen LogP) is 3.01. The van der Waals surface area contributed by atoms with E-state index in [1.807, 2.05) is 35.0 Å². The number of nitriles is 1. The minimum absolute atomic E-state index is 0.0869. The van der Waals surface area contributed by atoms with Gasteiger partial charge in [0.15, 0.2) is 0 Å². The third-order valence-corrected chi connectivity index (χ3v) is 4.70. The maximum Gasteiger partial charge on any atom is 0.246 e. The van der Waals surface area contributed by atoms with E-state index in [1.165, 1.54) is 6.08 Å². The van der Waals surface area contributed by atoms with E-state index in [0.717, 1.165) is 28.1 Å². The fraction of sp³-hybridized carbons (Fsp3) is 0.143. The number of benzene rings is 1. The summed E-state index contributed by atoms with van der Waals surface area (Å²) in [6.07, 6.45) is 4.82. The fourth-order valence-corrected chi connectivity index (χ4v) is 3.39. The number of hydrogen-bond donors (Lipinski definition) is 0. The molecule has 1 aliphatic heterocycles. The first-order valence-corrected chi connectivity index (χ1v) is 8.63. The fourth-order valence-electron chi connectivity index (χ4n) is 3.39.